The molecule has 1 atom stereocenters. The summed E-state index contributed by atoms with van der Waals surface area (Å²) in [6.45, 7) is 2.13. The fourth-order valence-electron chi connectivity index (χ4n) is 0.957. The summed E-state index contributed by atoms with van der Waals surface area (Å²) in [7, 11) is 0. The molecule has 1 heterocycles. The number of hydrogen-bond donors (Lipinski definition) is 0. The van der Waals surface area contributed by atoms with Gasteiger partial charge in [-0.25, -0.2) is 0 Å². The first kappa shape index (κ1) is 9.03. The number of ether oxygens (including phenoxy) is 2. The first-order valence-electron chi connectivity index (χ1n) is 4.03. The molecule has 0 N–H and O–H groups in total. The zero-order chi connectivity index (χ0) is 8.97. The molecule has 1 aliphatic rings. The topological polar surface area (TPSA) is 52.6 Å². The molecule has 4 heteroatoms. The molecule has 0 aromatic heterocycles. The normalized spacial score (nSPS) is 26.2. The second kappa shape index (κ2) is 4.09. The first-order chi connectivity index (χ1) is 5.68. The predicted molar refractivity (Wildman–Crippen MR) is 40.4 cm³/mol. The van der Waals surface area contributed by atoms with E-state index < -0.39 is 0 Å². The zero-order valence-corrected chi connectivity index (χ0v) is 7.04. The molecule has 12 heavy (non-hydrogen) atoms. The van der Waals surface area contributed by atoms with E-state index in [1.807, 2.05) is 0 Å². The van der Waals surface area contributed by atoms with Gasteiger partial charge in [0.2, 0.25) is 0 Å². The van der Waals surface area contributed by atoms with Crippen molar-refractivity contribution in [2.75, 3.05) is 6.61 Å². The maximum atomic E-state index is 10.9. The van der Waals surface area contributed by atoms with Crippen LogP contribution in [0.25, 0.3) is 0 Å². The summed E-state index contributed by atoms with van der Waals surface area (Å²) in [5.74, 6) is -0.637. The monoisotopic (exact) mass is 172 g/mol. The van der Waals surface area contributed by atoms with Gasteiger partial charge in [-0.05, 0) is 6.92 Å². The Bertz CT molecular complexity index is 187. The third-order valence-electron chi connectivity index (χ3n) is 1.65. The Morgan fingerprint density at radius 2 is 1.92 bits per heavy atom. The van der Waals surface area contributed by atoms with E-state index >= 15 is 0 Å². The summed E-state index contributed by atoms with van der Waals surface area (Å²) in [4.78, 5) is 21.7. The third kappa shape index (κ3) is 2.90. The van der Waals surface area contributed by atoms with Crippen LogP contribution in [0.15, 0.2) is 0 Å². The summed E-state index contributed by atoms with van der Waals surface area (Å²) in [5.41, 5.74) is 0. The molecule has 1 fully saturated rings. The van der Waals surface area contributed by atoms with Gasteiger partial charge in [0.1, 0.15) is 6.10 Å². The van der Waals surface area contributed by atoms with Crippen LogP contribution in [0.3, 0.4) is 0 Å². The minimum atomic E-state index is -0.318. The van der Waals surface area contributed by atoms with Crippen molar-refractivity contribution in [1.29, 1.82) is 0 Å². The SMILES string of the molecule is CC1CCOC(=O)CCC(=O)O1. The molecule has 1 saturated heterocycles. The van der Waals surface area contributed by atoms with Crippen LogP contribution in [0, 0.1) is 0 Å². The molecule has 0 amide bonds. The quantitative estimate of drug-likeness (QED) is 0.503. The highest BCUT2D eigenvalue weighted by molar-refractivity contribution is 5.77. The van der Waals surface area contributed by atoms with Gasteiger partial charge in [-0.1, -0.05) is 0 Å². The van der Waals surface area contributed by atoms with Crippen molar-refractivity contribution in [3.05, 3.63) is 0 Å². The van der Waals surface area contributed by atoms with Gasteiger partial charge >= 0.3 is 11.9 Å². The van der Waals surface area contributed by atoms with Crippen LogP contribution in [0.4, 0.5) is 0 Å². The Balaban J connectivity index is 2.46. The molecule has 0 saturated carbocycles. The average molecular weight is 172 g/mol. The van der Waals surface area contributed by atoms with Gasteiger partial charge in [0.05, 0.1) is 19.4 Å². The van der Waals surface area contributed by atoms with Crippen LogP contribution in [0.5, 0.6) is 0 Å². The minimum absolute atomic E-state index is 0.128. The lowest BCUT2D eigenvalue weighted by atomic mass is 10.3. The molecule has 0 radical (unpaired) electrons. The van der Waals surface area contributed by atoms with Crippen molar-refractivity contribution in [1.82, 2.24) is 0 Å². The van der Waals surface area contributed by atoms with Crippen molar-refractivity contribution in [2.24, 2.45) is 0 Å². The van der Waals surface area contributed by atoms with Gasteiger partial charge in [0, 0.05) is 6.42 Å². The number of rotatable bonds is 0. The van der Waals surface area contributed by atoms with Gasteiger partial charge in [-0.3, -0.25) is 9.59 Å². The van der Waals surface area contributed by atoms with Gasteiger partial charge < -0.3 is 9.47 Å². The minimum Gasteiger partial charge on any atom is -0.466 e. The third-order valence-corrected chi connectivity index (χ3v) is 1.65. The van der Waals surface area contributed by atoms with Gasteiger partial charge in [-0.15, -0.1) is 0 Å². The Hall–Kier alpha value is -1.06. The van der Waals surface area contributed by atoms with E-state index in [9.17, 15) is 9.59 Å². The number of carbonyl (C=O) groups is 2. The fourth-order valence-corrected chi connectivity index (χ4v) is 0.957. The summed E-state index contributed by atoms with van der Waals surface area (Å²) in [6, 6.07) is 0. The Morgan fingerprint density at radius 1 is 1.25 bits per heavy atom. The van der Waals surface area contributed by atoms with E-state index in [-0.39, 0.29) is 30.9 Å². The largest absolute Gasteiger partial charge is 0.466 e. The highest BCUT2D eigenvalue weighted by Gasteiger charge is 2.15. The second-order valence-corrected chi connectivity index (χ2v) is 2.81. The molecular weight excluding hydrogens is 160 g/mol. The Kier molecular flexibility index (Phi) is 3.08. The van der Waals surface area contributed by atoms with E-state index in [0.717, 1.165) is 0 Å². The fraction of sp³-hybridized carbons (Fsp3) is 0.750. The molecule has 1 aliphatic heterocycles. The van der Waals surface area contributed by atoms with Crippen molar-refractivity contribution in [3.8, 4) is 0 Å². The molecular formula is C8H12O4. The van der Waals surface area contributed by atoms with Crippen LogP contribution >= 0.6 is 0 Å². The molecule has 0 spiro atoms. The van der Waals surface area contributed by atoms with Crippen LogP contribution in [-0.2, 0) is 19.1 Å². The van der Waals surface area contributed by atoms with Crippen molar-refractivity contribution < 1.29 is 19.1 Å². The van der Waals surface area contributed by atoms with Gasteiger partial charge in [0.15, 0.2) is 0 Å². The second-order valence-electron chi connectivity index (χ2n) is 2.81. The maximum Gasteiger partial charge on any atom is 0.306 e. The summed E-state index contributed by atoms with van der Waals surface area (Å²) >= 11 is 0. The van der Waals surface area contributed by atoms with Crippen molar-refractivity contribution in [2.45, 2.75) is 32.3 Å². The first-order valence-corrected chi connectivity index (χ1v) is 4.03. The number of cyclic esters (lactones) is 2. The predicted octanol–water partition coefficient (Wildman–Crippen LogP) is 0.645. The summed E-state index contributed by atoms with van der Waals surface area (Å²) < 4.78 is 9.76. The van der Waals surface area contributed by atoms with Crippen LogP contribution in [-0.4, -0.2) is 24.6 Å². The molecule has 68 valence electrons. The van der Waals surface area contributed by atoms with Crippen LogP contribution < -0.4 is 0 Å². The van der Waals surface area contributed by atoms with Crippen molar-refractivity contribution >= 4 is 11.9 Å². The molecule has 4 nitrogen and oxygen atoms in total. The number of hydrogen-bond acceptors (Lipinski definition) is 4. The highest BCUT2D eigenvalue weighted by atomic mass is 16.6. The van der Waals surface area contributed by atoms with E-state index in [1.165, 1.54) is 0 Å². The number of esters is 2. The Labute approximate surface area is 70.8 Å². The molecule has 0 bridgehead atoms. The molecule has 0 aromatic carbocycles. The molecule has 1 unspecified atom stereocenters. The lowest BCUT2D eigenvalue weighted by molar-refractivity contribution is -0.149. The van der Waals surface area contributed by atoms with E-state index in [4.69, 9.17) is 9.47 Å². The van der Waals surface area contributed by atoms with Crippen LogP contribution in [0.1, 0.15) is 26.2 Å². The summed E-state index contributed by atoms with van der Waals surface area (Å²) in [6.07, 6.45) is 0.690. The van der Waals surface area contributed by atoms with E-state index in [2.05, 4.69) is 0 Å². The molecule has 1 rings (SSSR count). The lowest BCUT2D eigenvalue weighted by Crippen LogP contribution is -2.14. The van der Waals surface area contributed by atoms with Gasteiger partial charge in [0.25, 0.3) is 0 Å². The zero-order valence-electron chi connectivity index (χ0n) is 7.04. The average Bonchev–Trinajstić information content (AvgIpc) is 2.05. The highest BCUT2D eigenvalue weighted by Crippen LogP contribution is 2.06. The van der Waals surface area contributed by atoms with Crippen molar-refractivity contribution in [3.63, 3.8) is 0 Å². The molecule has 0 aliphatic carbocycles. The smallest absolute Gasteiger partial charge is 0.306 e. The lowest BCUT2D eigenvalue weighted by Gasteiger charge is -2.09. The molecule has 0 aromatic rings. The standard InChI is InChI=1S/C8H12O4/c1-6-4-5-11-7(9)2-3-8(10)12-6/h6H,2-5H2,1H3. The summed E-state index contributed by atoms with van der Waals surface area (Å²) in [5, 5.41) is 0. The Morgan fingerprint density at radius 3 is 2.67 bits per heavy atom. The van der Waals surface area contributed by atoms with E-state index in [1.54, 1.807) is 6.92 Å². The van der Waals surface area contributed by atoms with Gasteiger partial charge in [-0.2, -0.15) is 0 Å². The van der Waals surface area contributed by atoms with E-state index in [0.29, 0.717) is 13.0 Å². The maximum absolute atomic E-state index is 10.9. The number of carbonyl (C=O) groups excluding carboxylic acids is 2. The van der Waals surface area contributed by atoms with Crippen LogP contribution in [0.2, 0.25) is 0 Å².